The number of aromatic hydroxyl groups is 1. The Kier molecular flexibility index (Phi) is 3.69. The van der Waals surface area contributed by atoms with Crippen LogP contribution in [0.25, 0.3) is 0 Å². The Balaban J connectivity index is 2.01. The molecule has 1 saturated heterocycles. The SMILES string of the molecule is Cc1ccc(C(C)NC2CCN(C)C2)c(O)c1. The molecule has 0 saturated carbocycles. The highest BCUT2D eigenvalue weighted by Gasteiger charge is 2.22. The molecule has 1 aromatic rings. The molecule has 0 amide bonds. The fourth-order valence-electron chi connectivity index (χ4n) is 2.53. The van der Waals surface area contributed by atoms with Gasteiger partial charge in [0.05, 0.1) is 0 Å². The molecule has 3 nitrogen and oxygen atoms in total. The molecular formula is C14H22N2O. The van der Waals surface area contributed by atoms with Crippen molar-refractivity contribution in [3.05, 3.63) is 29.3 Å². The molecule has 1 aliphatic rings. The third-order valence-corrected chi connectivity index (χ3v) is 3.53. The van der Waals surface area contributed by atoms with E-state index in [0.717, 1.165) is 24.2 Å². The number of phenols is 1. The van der Waals surface area contributed by atoms with Crippen molar-refractivity contribution < 1.29 is 5.11 Å². The predicted molar refractivity (Wildman–Crippen MR) is 70.3 cm³/mol. The van der Waals surface area contributed by atoms with E-state index in [1.807, 2.05) is 25.1 Å². The third kappa shape index (κ3) is 2.99. The molecule has 0 spiro atoms. The number of hydrogen-bond acceptors (Lipinski definition) is 3. The van der Waals surface area contributed by atoms with Crippen molar-refractivity contribution in [1.82, 2.24) is 10.2 Å². The minimum Gasteiger partial charge on any atom is -0.508 e. The van der Waals surface area contributed by atoms with Crippen LogP contribution in [-0.4, -0.2) is 36.2 Å². The highest BCUT2D eigenvalue weighted by atomic mass is 16.3. The molecule has 1 fully saturated rings. The topological polar surface area (TPSA) is 35.5 Å². The van der Waals surface area contributed by atoms with E-state index in [1.54, 1.807) is 0 Å². The van der Waals surface area contributed by atoms with Crippen molar-refractivity contribution in [2.45, 2.75) is 32.4 Å². The molecule has 1 heterocycles. The van der Waals surface area contributed by atoms with E-state index in [1.165, 1.54) is 6.42 Å². The van der Waals surface area contributed by atoms with Crippen molar-refractivity contribution in [3.63, 3.8) is 0 Å². The van der Waals surface area contributed by atoms with Crippen LogP contribution in [0.4, 0.5) is 0 Å². The van der Waals surface area contributed by atoms with Crippen LogP contribution in [0.3, 0.4) is 0 Å². The van der Waals surface area contributed by atoms with Gasteiger partial charge in [-0.1, -0.05) is 12.1 Å². The second-order valence-corrected chi connectivity index (χ2v) is 5.20. The molecule has 1 aromatic carbocycles. The summed E-state index contributed by atoms with van der Waals surface area (Å²) in [6.45, 7) is 6.36. The molecule has 1 aliphatic heterocycles. The first-order valence-electron chi connectivity index (χ1n) is 6.30. The third-order valence-electron chi connectivity index (χ3n) is 3.53. The van der Waals surface area contributed by atoms with Gasteiger partial charge in [-0.15, -0.1) is 0 Å². The number of aryl methyl sites for hydroxylation is 1. The maximum Gasteiger partial charge on any atom is 0.120 e. The van der Waals surface area contributed by atoms with Gasteiger partial charge in [-0.3, -0.25) is 0 Å². The Morgan fingerprint density at radius 3 is 2.82 bits per heavy atom. The van der Waals surface area contributed by atoms with Crippen LogP contribution in [0.5, 0.6) is 5.75 Å². The van der Waals surface area contributed by atoms with E-state index in [2.05, 4.69) is 24.2 Å². The van der Waals surface area contributed by atoms with Gasteiger partial charge in [-0.2, -0.15) is 0 Å². The van der Waals surface area contributed by atoms with E-state index in [0.29, 0.717) is 11.8 Å². The number of likely N-dealkylation sites (tertiary alicyclic amines) is 1. The molecule has 2 unspecified atom stereocenters. The van der Waals surface area contributed by atoms with Crippen LogP contribution >= 0.6 is 0 Å². The van der Waals surface area contributed by atoms with Crippen LogP contribution in [0.15, 0.2) is 18.2 Å². The van der Waals surface area contributed by atoms with Gasteiger partial charge in [0, 0.05) is 24.2 Å². The molecule has 2 atom stereocenters. The normalized spacial score (nSPS) is 22.9. The number of benzene rings is 1. The van der Waals surface area contributed by atoms with Gasteiger partial charge in [0.2, 0.25) is 0 Å². The average Bonchev–Trinajstić information content (AvgIpc) is 2.63. The van der Waals surface area contributed by atoms with Gasteiger partial charge in [-0.05, 0) is 45.5 Å². The maximum atomic E-state index is 9.94. The number of rotatable bonds is 3. The van der Waals surface area contributed by atoms with E-state index in [-0.39, 0.29) is 6.04 Å². The van der Waals surface area contributed by atoms with E-state index >= 15 is 0 Å². The molecule has 2 N–H and O–H groups in total. The van der Waals surface area contributed by atoms with Crippen LogP contribution < -0.4 is 5.32 Å². The van der Waals surface area contributed by atoms with Crippen LogP contribution in [0.2, 0.25) is 0 Å². The molecule has 0 bridgehead atoms. The Morgan fingerprint density at radius 1 is 1.47 bits per heavy atom. The summed E-state index contributed by atoms with van der Waals surface area (Å²) >= 11 is 0. The van der Waals surface area contributed by atoms with Crippen molar-refractivity contribution in [2.75, 3.05) is 20.1 Å². The summed E-state index contributed by atoms with van der Waals surface area (Å²) in [5.74, 6) is 0.399. The molecule has 17 heavy (non-hydrogen) atoms. The van der Waals surface area contributed by atoms with Gasteiger partial charge in [0.1, 0.15) is 5.75 Å². The van der Waals surface area contributed by atoms with E-state index in [9.17, 15) is 5.11 Å². The smallest absolute Gasteiger partial charge is 0.120 e. The molecule has 2 rings (SSSR count). The van der Waals surface area contributed by atoms with Gasteiger partial charge in [-0.25, -0.2) is 0 Å². The van der Waals surface area contributed by atoms with Crippen molar-refractivity contribution in [1.29, 1.82) is 0 Å². The molecule has 3 heteroatoms. The Hall–Kier alpha value is -1.06. The molecule has 94 valence electrons. The first kappa shape index (κ1) is 12.4. The second kappa shape index (κ2) is 5.07. The maximum absolute atomic E-state index is 9.94. The van der Waals surface area contributed by atoms with Crippen LogP contribution in [0, 0.1) is 6.92 Å². The van der Waals surface area contributed by atoms with Gasteiger partial charge >= 0.3 is 0 Å². The lowest BCUT2D eigenvalue weighted by Crippen LogP contribution is -2.33. The monoisotopic (exact) mass is 234 g/mol. The van der Waals surface area contributed by atoms with Crippen molar-refractivity contribution >= 4 is 0 Å². The average molecular weight is 234 g/mol. The van der Waals surface area contributed by atoms with Gasteiger partial charge < -0.3 is 15.3 Å². The highest BCUT2D eigenvalue weighted by molar-refractivity contribution is 5.37. The number of hydrogen-bond donors (Lipinski definition) is 2. The van der Waals surface area contributed by atoms with Crippen LogP contribution in [0.1, 0.15) is 30.5 Å². The number of likely N-dealkylation sites (N-methyl/N-ethyl adjacent to an activating group) is 1. The predicted octanol–water partition coefficient (Wildman–Crippen LogP) is 2.06. The highest BCUT2D eigenvalue weighted by Crippen LogP contribution is 2.26. The summed E-state index contributed by atoms with van der Waals surface area (Å²) in [6, 6.07) is 6.63. The first-order valence-corrected chi connectivity index (χ1v) is 6.30. The lowest BCUT2D eigenvalue weighted by atomic mass is 10.0. The summed E-state index contributed by atoms with van der Waals surface area (Å²) in [7, 11) is 2.15. The molecular weight excluding hydrogens is 212 g/mol. The fraction of sp³-hybridized carbons (Fsp3) is 0.571. The zero-order valence-corrected chi connectivity index (χ0v) is 10.9. The number of nitrogens with one attached hydrogen (secondary N) is 1. The van der Waals surface area contributed by atoms with Crippen molar-refractivity contribution in [2.24, 2.45) is 0 Å². The minimum atomic E-state index is 0.201. The zero-order valence-electron chi connectivity index (χ0n) is 10.9. The van der Waals surface area contributed by atoms with E-state index in [4.69, 9.17) is 0 Å². The standard InChI is InChI=1S/C14H22N2O/c1-10-4-5-13(14(17)8-10)11(2)15-12-6-7-16(3)9-12/h4-5,8,11-12,15,17H,6-7,9H2,1-3H3. The van der Waals surface area contributed by atoms with Gasteiger partial charge in [0.15, 0.2) is 0 Å². The molecule has 0 radical (unpaired) electrons. The summed E-state index contributed by atoms with van der Waals surface area (Å²) in [6.07, 6.45) is 1.19. The van der Waals surface area contributed by atoms with E-state index < -0.39 is 0 Å². The van der Waals surface area contributed by atoms with Gasteiger partial charge in [0.25, 0.3) is 0 Å². The minimum absolute atomic E-state index is 0.201. The number of nitrogens with zero attached hydrogens (tertiary/aromatic N) is 1. The quantitative estimate of drug-likeness (QED) is 0.840. The summed E-state index contributed by atoms with van der Waals surface area (Å²) in [5.41, 5.74) is 2.09. The lowest BCUT2D eigenvalue weighted by molar-refractivity contribution is 0.383. The lowest BCUT2D eigenvalue weighted by Gasteiger charge is -2.20. The molecule has 0 aromatic heterocycles. The Bertz CT molecular complexity index is 392. The molecule has 0 aliphatic carbocycles. The summed E-state index contributed by atoms with van der Waals surface area (Å²) in [5, 5.41) is 13.5. The number of phenolic OH excluding ortho intramolecular Hbond substituents is 1. The largest absolute Gasteiger partial charge is 0.508 e. The first-order chi connectivity index (χ1) is 8.06. The second-order valence-electron chi connectivity index (χ2n) is 5.20. The Morgan fingerprint density at radius 2 is 2.24 bits per heavy atom. The summed E-state index contributed by atoms with van der Waals surface area (Å²) in [4.78, 5) is 2.33. The Labute approximate surface area is 103 Å². The zero-order chi connectivity index (χ0) is 12.4. The fourth-order valence-corrected chi connectivity index (χ4v) is 2.53. The van der Waals surface area contributed by atoms with Crippen molar-refractivity contribution in [3.8, 4) is 5.75 Å². The summed E-state index contributed by atoms with van der Waals surface area (Å²) < 4.78 is 0. The van der Waals surface area contributed by atoms with Crippen LogP contribution in [-0.2, 0) is 0 Å².